The highest BCUT2D eigenvalue weighted by molar-refractivity contribution is 5.89. The molecule has 0 aromatic carbocycles. The lowest BCUT2D eigenvalue weighted by Gasteiger charge is -1.97. The van der Waals surface area contributed by atoms with Crippen molar-refractivity contribution in [3.05, 3.63) is 23.0 Å². The Kier molecular flexibility index (Phi) is 1.64. The molecule has 64 valence electrons. The van der Waals surface area contributed by atoms with E-state index in [-0.39, 0.29) is 5.97 Å². The molecule has 12 heavy (non-hydrogen) atoms. The van der Waals surface area contributed by atoms with Gasteiger partial charge >= 0.3 is 5.97 Å². The van der Waals surface area contributed by atoms with Gasteiger partial charge in [0.2, 0.25) is 0 Å². The van der Waals surface area contributed by atoms with Gasteiger partial charge in [-0.3, -0.25) is 0 Å². The normalized spacial score (nSPS) is 14.4. The first-order valence-corrected chi connectivity index (χ1v) is 4.10. The third kappa shape index (κ3) is 0.932. The first kappa shape index (κ1) is 7.40. The monoisotopic (exact) mass is 165 g/mol. The molecule has 0 spiro atoms. The van der Waals surface area contributed by atoms with Gasteiger partial charge in [-0.25, -0.2) is 4.79 Å². The van der Waals surface area contributed by atoms with Gasteiger partial charge in [0.1, 0.15) is 5.69 Å². The van der Waals surface area contributed by atoms with Crippen molar-refractivity contribution in [2.75, 3.05) is 7.11 Å². The quantitative estimate of drug-likeness (QED) is 0.637. The standard InChI is InChI=1S/C9H11NO2/c1-12-9(11)8-7-4-2-3-6(7)5-10-8/h5,10H,2-4H2,1H3. The van der Waals surface area contributed by atoms with E-state index in [4.69, 9.17) is 0 Å². The minimum atomic E-state index is -0.252. The summed E-state index contributed by atoms with van der Waals surface area (Å²) in [7, 11) is 1.41. The zero-order valence-electron chi connectivity index (χ0n) is 7.02. The number of fused-ring (bicyclic) bond motifs is 1. The van der Waals surface area contributed by atoms with Crippen LogP contribution in [0.25, 0.3) is 0 Å². The molecule has 0 fully saturated rings. The Labute approximate surface area is 70.7 Å². The van der Waals surface area contributed by atoms with Gasteiger partial charge < -0.3 is 9.72 Å². The molecule has 0 saturated heterocycles. The van der Waals surface area contributed by atoms with Gasteiger partial charge in [0.25, 0.3) is 0 Å². The molecule has 3 heteroatoms. The van der Waals surface area contributed by atoms with Crippen molar-refractivity contribution in [3.8, 4) is 0 Å². The Morgan fingerprint density at radius 3 is 3.17 bits per heavy atom. The van der Waals surface area contributed by atoms with Crippen molar-refractivity contribution in [1.29, 1.82) is 0 Å². The van der Waals surface area contributed by atoms with Crippen molar-refractivity contribution < 1.29 is 9.53 Å². The summed E-state index contributed by atoms with van der Waals surface area (Å²) in [6.07, 6.45) is 5.16. The number of methoxy groups -OCH3 is 1. The average Bonchev–Trinajstić information content (AvgIpc) is 2.62. The summed E-state index contributed by atoms with van der Waals surface area (Å²) in [4.78, 5) is 14.1. The van der Waals surface area contributed by atoms with Crippen molar-refractivity contribution >= 4 is 5.97 Å². The van der Waals surface area contributed by atoms with Crippen LogP contribution in [0, 0.1) is 0 Å². The molecule has 3 nitrogen and oxygen atoms in total. The van der Waals surface area contributed by atoms with E-state index >= 15 is 0 Å². The third-order valence-corrected chi connectivity index (χ3v) is 2.34. The highest BCUT2D eigenvalue weighted by Crippen LogP contribution is 2.25. The van der Waals surface area contributed by atoms with Crippen LogP contribution in [-0.2, 0) is 17.6 Å². The van der Waals surface area contributed by atoms with Gasteiger partial charge in [0.15, 0.2) is 0 Å². The van der Waals surface area contributed by atoms with E-state index in [1.165, 1.54) is 12.7 Å². The van der Waals surface area contributed by atoms with E-state index < -0.39 is 0 Å². The lowest BCUT2D eigenvalue weighted by atomic mass is 10.2. The second-order valence-electron chi connectivity index (χ2n) is 3.01. The number of H-pyrrole nitrogens is 1. The number of esters is 1. The van der Waals surface area contributed by atoms with Crippen LogP contribution < -0.4 is 0 Å². The van der Waals surface area contributed by atoms with Crippen molar-refractivity contribution in [1.82, 2.24) is 4.98 Å². The maximum absolute atomic E-state index is 11.2. The van der Waals surface area contributed by atoms with Gasteiger partial charge in [-0.1, -0.05) is 0 Å². The molecule has 0 unspecified atom stereocenters. The maximum Gasteiger partial charge on any atom is 0.354 e. The molecule has 0 aliphatic heterocycles. The second kappa shape index (κ2) is 2.66. The van der Waals surface area contributed by atoms with E-state index in [1.54, 1.807) is 0 Å². The van der Waals surface area contributed by atoms with Crippen LogP contribution in [0.2, 0.25) is 0 Å². The molecule has 0 amide bonds. The van der Waals surface area contributed by atoms with Crippen molar-refractivity contribution in [2.45, 2.75) is 19.3 Å². The van der Waals surface area contributed by atoms with Crippen molar-refractivity contribution in [3.63, 3.8) is 0 Å². The zero-order chi connectivity index (χ0) is 8.55. The maximum atomic E-state index is 11.2. The molecule has 1 N–H and O–H groups in total. The molecule has 1 aliphatic carbocycles. The van der Waals surface area contributed by atoms with Crippen LogP contribution in [0.4, 0.5) is 0 Å². The van der Waals surface area contributed by atoms with Crippen LogP contribution in [0.3, 0.4) is 0 Å². The van der Waals surface area contributed by atoms with Crippen LogP contribution in [0.5, 0.6) is 0 Å². The summed E-state index contributed by atoms with van der Waals surface area (Å²) >= 11 is 0. The molecule has 1 heterocycles. The predicted octanol–water partition coefficient (Wildman–Crippen LogP) is 1.29. The minimum Gasteiger partial charge on any atom is -0.464 e. The van der Waals surface area contributed by atoms with E-state index in [9.17, 15) is 4.79 Å². The first-order chi connectivity index (χ1) is 5.83. The lowest BCUT2D eigenvalue weighted by molar-refractivity contribution is 0.0593. The van der Waals surface area contributed by atoms with Gasteiger partial charge in [-0.15, -0.1) is 0 Å². The number of ether oxygens (including phenoxy) is 1. The highest BCUT2D eigenvalue weighted by Gasteiger charge is 2.21. The zero-order valence-corrected chi connectivity index (χ0v) is 7.02. The summed E-state index contributed by atoms with van der Waals surface area (Å²) in [5, 5.41) is 0. The number of aromatic nitrogens is 1. The number of rotatable bonds is 1. The third-order valence-electron chi connectivity index (χ3n) is 2.34. The van der Waals surface area contributed by atoms with Gasteiger partial charge in [0, 0.05) is 6.20 Å². The summed E-state index contributed by atoms with van der Waals surface area (Å²) in [5.41, 5.74) is 3.07. The summed E-state index contributed by atoms with van der Waals surface area (Å²) in [5.74, 6) is -0.252. The van der Waals surface area contributed by atoms with E-state index in [0.29, 0.717) is 5.69 Å². The fourth-order valence-electron chi connectivity index (χ4n) is 1.74. The molecule has 1 aromatic heterocycles. The number of carbonyl (C=O) groups excluding carboxylic acids is 1. The smallest absolute Gasteiger partial charge is 0.354 e. The number of aryl methyl sites for hydroxylation is 1. The van der Waals surface area contributed by atoms with Crippen LogP contribution in [0.1, 0.15) is 28.0 Å². The SMILES string of the molecule is COC(=O)c1[nH]cc2c1CCC2. The Morgan fingerprint density at radius 2 is 2.42 bits per heavy atom. The predicted molar refractivity (Wildman–Crippen MR) is 44.2 cm³/mol. The Hall–Kier alpha value is -1.25. The molecule has 0 radical (unpaired) electrons. The molecular weight excluding hydrogens is 154 g/mol. The summed E-state index contributed by atoms with van der Waals surface area (Å²) in [6.45, 7) is 0. The first-order valence-electron chi connectivity index (χ1n) is 4.10. The Balaban J connectivity index is 2.39. The molecular formula is C9H11NO2. The fraction of sp³-hybridized carbons (Fsp3) is 0.444. The Bertz CT molecular complexity index is 314. The number of hydrogen-bond donors (Lipinski definition) is 1. The van der Waals surface area contributed by atoms with E-state index in [1.807, 2.05) is 6.20 Å². The van der Waals surface area contributed by atoms with Crippen molar-refractivity contribution in [2.24, 2.45) is 0 Å². The summed E-state index contributed by atoms with van der Waals surface area (Å²) in [6, 6.07) is 0. The van der Waals surface area contributed by atoms with Crippen LogP contribution in [-0.4, -0.2) is 18.1 Å². The van der Waals surface area contributed by atoms with Crippen LogP contribution >= 0.6 is 0 Å². The fourth-order valence-corrected chi connectivity index (χ4v) is 1.74. The van der Waals surface area contributed by atoms with Gasteiger partial charge in [0.05, 0.1) is 7.11 Å². The number of hydrogen-bond acceptors (Lipinski definition) is 2. The Morgan fingerprint density at radius 1 is 1.58 bits per heavy atom. The second-order valence-corrected chi connectivity index (χ2v) is 3.01. The number of carbonyl (C=O) groups is 1. The van der Waals surface area contributed by atoms with E-state index in [2.05, 4.69) is 9.72 Å². The molecule has 2 rings (SSSR count). The lowest BCUT2D eigenvalue weighted by Crippen LogP contribution is -2.04. The molecule has 0 bridgehead atoms. The molecule has 1 aromatic rings. The average molecular weight is 165 g/mol. The molecule has 0 saturated carbocycles. The van der Waals surface area contributed by atoms with Gasteiger partial charge in [-0.2, -0.15) is 0 Å². The van der Waals surface area contributed by atoms with Gasteiger partial charge in [-0.05, 0) is 30.4 Å². The van der Waals surface area contributed by atoms with E-state index in [0.717, 1.165) is 24.8 Å². The molecule has 0 atom stereocenters. The van der Waals surface area contributed by atoms with Crippen LogP contribution in [0.15, 0.2) is 6.20 Å². The highest BCUT2D eigenvalue weighted by atomic mass is 16.5. The topological polar surface area (TPSA) is 42.1 Å². The molecule has 1 aliphatic rings. The minimum absolute atomic E-state index is 0.252. The summed E-state index contributed by atoms with van der Waals surface area (Å²) < 4.78 is 4.65. The largest absolute Gasteiger partial charge is 0.464 e. The number of nitrogens with one attached hydrogen (secondary N) is 1. The number of aromatic amines is 1.